The number of amides is 1. The maximum absolute atomic E-state index is 11.5. The summed E-state index contributed by atoms with van der Waals surface area (Å²) < 4.78 is 34.8. The van der Waals surface area contributed by atoms with Gasteiger partial charge in [0.05, 0.1) is 11.9 Å². The van der Waals surface area contributed by atoms with Crippen molar-refractivity contribution in [2.24, 2.45) is 0 Å². The summed E-state index contributed by atoms with van der Waals surface area (Å²) in [6, 6.07) is 0. The Morgan fingerprint density at radius 2 is 2.38 bits per heavy atom. The van der Waals surface area contributed by atoms with Gasteiger partial charge in [-0.25, -0.2) is 17.7 Å². The molecule has 21 heavy (non-hydrogen) atoms. The molecule has 2 heterocycles. The molecule has 0 bridgehead atoms. The number of rotatable bonds is 7. The van der Waals surface area contributed by atoms with Crippen molar-refractivity contribution in [3.63, 3.8) is 0 Å². The molecule has 1 amide bonds. The van der Waals surface area contributed by atoms with Gasteiger partial charge in [0.2, 0.25) is 21.8 Å². The van der Waals surface area contributed by atoms with Gasteiger partial charge in [-0.15, -0.1) is 0 Å². The summed E-state index contributed by atoms with van der Waals surface area (Å²) in [7, 11) is -3.11. The van der Waals surface area contributed by atoms with Gasteiger partial charge >= 0.3 is 0 Å². The Kier molecular flexibility index (Phi) is 5.32. The lowest BCUT2D eigenvalue weighted by Crippen LogP contribution is -2.37. The number of hydrogen-bond acceptors (Lipinski definition) is 6. The number of aromatic nitrogens is 1. The second kappa shape index (κ2) is 7.01. The zero-order valence-corrected chi connectivity index (χ0v) is 12.7. The molecule has 1 aliphatic rings. The van der Waals surface area contributed by atoms with Crippen LogP contribution in [-0.4, -0.2) is 55.6 Å². The molecule has 1 aromatic heterocycles. The van der Waals surface area contributed by atoms with Crippen LogP contribution < -0.4 is 5.32 Å². The van der Waals surface area contributed by atoms with Crippen molar-refractivity contribution in [3.05, 3.63) is 17.8 Å². The predicted octanol–water partition coefficient (Wildman–Crippen LogP) is -0.349. The topological polar surface area (TPSA) is 102 Å². The molecule has 1 saturated heterocycles. The van der Waals surface area contributed by atoms with E-state index in [1.165, 1.54) is 4.31 Å². The largest absolute Gasteiger partial charge is 0.443 e. The molecule has 1 aromatic rings. The first-order chi connectivity index (χ1) is 9.97. The second-order valence-corrected chi connectivity index (χ2v) is 6.86. The number of hydrogen-bond donors (Lipinski definition) is 1. The fourth-order valence-electron chi connectivity index (χ4n) is 2.01. The van der Waals surface area contributed by atoms with Gasteiger partial charge in [0.25, 0.3) is 0 Å². The maximum atomic E-state index is 11.5. The Morgan fingerprint density at radius 1 is 1.57 bits per heavy atom. The molecule has 2 rings (SSSR count). The molecule has 8 nitrogen and oxygen atoms in total. The highest BCUT2D eigenvalue weighted by Gasteiger charge is 2.27. The van der Waals surface area contributed by atoms with E-state index in [0.717, 1.165) is 0 Å². The molecule has 0 aliphatic carbocycles. The van der Waals surface area contributed by atoms with Gasteiger partial charge in [0, 0.05) is 19.6 Å². The lowest BCUT2D eigenvalue weighted by molar-refractivity contribution is -0.126. The molecule has 1 N–H and O–H groups in total. The first-order valence-corrected chi connectivity index (χ1v) is 8.32. The Bertz CT molecular complexity index is 583. The van der Waals surface area contributed by atoms with Crippen molar-refractivity contribution in [3.8, 4) is 0 Å². The van der Waals surface area contributed by atoms with Gasteiger partial charge < -0.3 is 14.5 Å². The number of sulfonamides is 1. The minimum Gasteiger partial charge on any atom is -0.443 e. The van der Waals surface area contributed by atoms with Crippen molar-refractivity contribution >= 4 is 15.9 Å². The summed E-state index contributed by atoms with van der Waals surface area (Å²) in [5.74, 6) is 1.00. The van der Waals surface area contributed by atoms with Crippen molar-refractivity contribution in [1.29, 1.82) is 0 Å². The summed E-state index contributed by atoms with van der Waals surface area (Å²) in [4.78, 5) is 15.5. The summed E-state index contributed by atoms with van der Waals surface area (Å²) in [6.45, 7) is 2.89. The lowest BCUT2D eigenvalue weighted by atomic mass is 10.4. The molecule has 0 radical (unpaired) electrons. The first-order valence-electron chi connectivity index (χ1n) is 6.71. The number of nitrogens with one attached hydrogen (secondary N) is 1. The van der Waals surface area contributed by atoms with Crippen molar-refractivity contribution in [2.75, 3.05) is 32.0 Å². The highest BCUT2D eigenvalue weighted by atomic mass is 32.2. The van der Waals surface area contributed by atoms with Gasteiger partial charge in [-0.2, -0.15) is 0 Å². The Hall–Kier alpha value is -1.45. The molecule has 0 saturated carbocycles. The van der Waals surface area contributed by atoms with Crippen LogP contribution in [-0.2, 0) is 26.2 Å². The Labute approximate surface area is 123 Å². The van der Waals surface area contributed by atoms with Gasteiger partial charge in [0.15, 0.2) is 0 Å². The fourth-order valence-corrected chi connectivity index (χ4v) is 3.54. The normalized spacial score (nSPS) is 18.0. The number of ether oxygens (including phenoxy) is 1. The Balaban J connectivity index is 1.59. The SMILES string of the molecule is Cc1cnc(COCC(=O)NCCN2CCCS2(=O)=O)o1. The summed E-state index contributed by atoms with van der Waals surface area (Å²) in [5, 5.41) is 2.62. The van der Waals surface area contributed by atoms with Gasteiger partial charge in [-0.3, -0.25) is 4.79 Å². The molecule has 1 fully saturated rings. The molecule has 1 aliphatic heterocycles. The van der Waals surface area contributed by atoms with Crippen LogP contribution in [0, 0.1) is 6.92 Å². The van der Waals surface area contributed by atoms with Crippen LogP contribution >= 0.6 is 0 Å². The summed E-state index contributed by atoms with van der Waals surface area (Å²) in [6.07, 6.45) is 2.23. The minimum atomic E-state index is -3.11. The maximum Gasteiger partial charge on any atom is 0.246 e. The lowest BCUT2D eigenvalue weighted by Gasteiger charge is -2.14. The van der Waals surface area contributed by atoms with E-state index in [-0.39, 0.29) is 31.4 Å². The van der Waals surface area contributed by atoms with Crippen LogP contribution in [0.25, 0.3) is 0 Å². The number of carbonyl (C=O) groups excluding carboxylic acids is 1. The van der Waals surface area contributed by atoms with Crippen molar-refractivity contribution in [1.82, 2.24) is 14.6 Å². The van der Waals surface area contributed by atoms with E-state index in [9.17, 15) is 13.2 Å². The smallest absolute Gasteiger partial charge is 0.246 e. The molecule has 0 unspecified atom stereocenters. The monoisotopic (exact) mass is 317 g/mol. The zero-order valence-electron chi connectivity index (χ0n) is 11.9. The first kappa shape index (κ1) is 15.9. The second-order valence-electron chi connectivity index (χ2n) is 4.78. The number of oxazole rings is 1. The summed E-state index contributed by atoms with van der Waals surface area (Å²) in [5.41, 5.74) is 0. The van der Waals surface area contributed by atoms with Crippen LogP contribution in [0.2, 0.25) is 0 Å². The highest BCUT2D eigenvalue weighted by Crippen LogP contribution is 2.11. The van der Waals surface area contributed by atoms with Crippen LogP contribution in [0.15, 0.2) is 10.6 Å². The van der Waals surface area contributed by atoms with E-state index in [2.05, 4.69) is 10.3 Å². The molecule has 0 aromatic carbocycles. The number of carbonyl (C=O) groups is 1. The Morgan fingerprint density at radius 3 is 3.00 bits per heavy atom. The molecule has 9 heteroatoms. The number of nitrogens with zero attached hydrogens (tertiary/aromatic N) is 2. The van der Waals surface area contributed by atoms with Crippen molar-refractivity contribution < 1.29 is 22.4 Å². The molecular weight excluding hydrogens is 298 g/mol. The predicted molar refractivity (Wildman–Crippen MR) is 73.9 cm³/mol. The van der Waals surface area contributed by atoms with Crippen LogP contribution in [0.3, 0.4) is 0 Å². The molecule has 0 spiro atoms. The van der Waals surface area contributed by atoms with E-state index < -0.39 is 10.0 Å². The van der Waals surface area contributed by atoms with E-state index in [1.807, 2.05) is 0 Å². The van der Waals surface area contributed by atoms with Gasteiger partial charge in [0.1, 0.15) is 19.0 Å². The van der Waals surface area contributed by atoms with E-state index in [0.29, 0.717) is 31.2 Å². The summed E-state index contributed by atoms with van der Waals surface area (Å²) >= 11 is 0. The minimum absolute atomic E-state index is 0.117. The fraction of sp³-hybridized carbons (Fsp3) is 0.667. The number of aryl methyl sites for hydroxylation is 1. The third-order valence-corrected chi connectivity index (χ3v) is 4.97. The van der Waals surface area contributed by atoms with E-state index in [1.54, 1.807) is 13.1 Å². The zero-order chi connectivity index (χ0) is 15.3. The van der Waals surface area contributed by atoms with E-state index >= 15 is 0 Å². The van der Waals surface area contributed by atoms with Crippen LogP contribution in [0.1, 0.15) is 18.1 Å². The standard InChI is InChI=1S/C12H19N3O5S/c1-10-7-14-12(20-10)9-19-8-11(16)13-3-5-15-4-2-6-21(15,17)18/h7H,2-6,8-9H2,1H3,(H,13,16). The third-order valence-electron chi connectivity index (χ3n) is 3.01. The molecule has 118 valence electrons. The quantitative estimate of drug-likeness (QED) is 0.737. The van der Waals surface area contributed by atoms with Crippen LogP contribution in [0.4, 0.5) is 0 Å². The molecule has 0 atom stereocenters. The van der Waals surface area contributed by atoms with Crippen molar-refractivity contribution in [2.45, 2.75) is 20.0 Å². The third kappa shape index (κ3) is 4.80. The average Bonchev–Trinajstić information content (AvgIpc) is 2.96. The molecular formula is C12H19N3O5S. The van der Waals surface area contributed by atoms with Gasteiger partial charge in [-0.1, -0.05) is 0 Å². The van der Waals surface area contributed by atoms with Crippen LogP contribution in [0.5, 0.6) is 0 Å². The van der Waals surface area contributed by atoms with E-state index in [4.69, 9.17) is 9.15 Å². The van der Waals surface area contributed by atoms with Gasteiger partial charge in [-0.05, 0) is 13.3 Å². The average molecular weight is 317 g/mol. The highest BCUT2D eigenvalue weighted by molar-refractivity contribution is 7.89.